The van der Waals surface area contributed by atoms with Gasteiger partial charge in [0.25, 0.3) is 5.91 Å². The van der Waals surface area contributed by atoms with E-state index in [9.17, 15) is 4.79 Å². The Morgan fingerprint density at radius 3 is 2.44 bits per heavy atom. The average molecular weight is 362 g/mol. The molecule has 1 aromatic heterocycles. The zero-order valence-corrected chi connectivity index (χ0v) is 15.9. The second-order valence-corrected chi connectivity index (χ2v) is 6.66. The van der Waals surface area contributed by atoms with Crippen molar-refractivity contribution in [3.63, 3.8) is 0 Å². The summed E-state index contributed by atoms with van der Waals surface area (Å²) < 4.78 is 1.83. The summed E-state index contributed by atoms with van der Waals surface area (Å²) in [6, 6.07) is 18.2. The van der Waals surface area contributed by atoms with Gasteiger partial charge in [-0.3, -0.25) is 4.79 Å². The van der Waals surface area contributed by atoms with Crippen LogP contribution in [0.3, 0.4) is 0 Å². The molecule has 3 rings (SSSR count). The summed E-state index contributed by atoms with van der Waals surface area (Å²) >= 11 is 0. The van der Waals surface area contributed by atoms with E-state index in [1.54, 1.807) is 6.20 Å². The maximum atomic E-state index is 13.1. The highest BCUT2D eigenvalue weighted by atomic mass is 16.2. The first-order valence-electron chi connectivity index (χ1n) is 9.25. The van der Waals surface area contributed by atoms with Crippen LogP contribution < -0.4 is 5.73 Å². The second-order valence-electron chi connectivity index (χ2n) is 6.66. The maximum Gasteiger partial charge on any atom is 0.257 e. The molecule has 0 bridgehead atoms. The molecule has 1 heterocycles. The fourth-order valence-electron chi connectivity index (χ4n) is 3.21. The number of hydrogen-bond donors (Lipinski definition) is 1. The molecule has 0 aliphatic rings. The molecule has 0 fully saturated rings. The van der Waals surface area contributed by atoms with Crippen molar-refractivity contribution in [1.29, 1.82) is 0 Å². The summed E-state index contributed by atoms with van der Waals surface area (Å²) in [7, 11) is 0. The fourth-order valence-corrected chi connectivity index (χ4v) is 3.21. The van der Waals surface area contributed by atoms with Gasteiger partial charge in [-0.15, -0.1) is 0 Å². The van der Waals surface area contributed by atoms with Crippen LogP contribution in [0.4, 0.5) is 0 Å². The topological polar surface area (TPSA) is 64.2 Å². The van der Waals surface area contributed by atoms with Crippen LogP contribution in [0.5, 0.6) is 0 Å². The van der Waals surface area contributed by atoms with Gasteiger partial charge in [-0.2, -0.15) is 5.10 Å². The Hall–Kier alpha value is -2.92. The lowest BCUT2D eigenvalue weighted by molar-refractivity contribution is 0.0761. The van der Waals surface area contributed by atoms with E-state index in [1.807, 2.05) is 65.9 Å². The first-order chi connectivity index (χ1) is 13.1. The number of aromatic nitrogens is 2. The average Bonchev–Trinajstić information content (AvgIpc) is 3.07. The van der Waals surface area contributed by atoms with E-state index in [4.69, 9.17) is 5.73 Å². The molecule has 3 aromatic rings. The van der Waals surface area contributed by atoms with Crippen molar-refractivity contribution in [2.75, 3.05) is 19.6 Å². The van der Waals surface area contributed by atoms with Crippen LogP contribution in [0.1, 0.15) is 27.2 Å². The van der Waals surface area contributed by atoms with Gasteiger partial charge < -0.3 is 10.6 Å². The van der Waals surface area contributed by atoms with Crippen molar-refractivity contribution in [2.45, 2.75) is 20.3 Å². The monoisotopic (exact) mass is 362 g/mol. The first-order valence-corrected chi connectivity index (χ1v) is 9.25. The lowest BCUT2D eigenvalue weighted by Crippen LogP contribution is -2.37. The molecule has 2 N–H and O–H groups in total. The molecule has 5 nitrogen and oxygen atoms in total. The van der Waals surface area contributed by atoms with Gasteiger partial charge >= 0.3 is 0 Å². The smallest absolute Gasteiger partial charge is 0.257 e. The van der Waals surface area contributed by atoms with E-state index in [0.29, 0.717) is 25.2 Å². The predicted molar refractivity (Wildman–Crippen MR) is 108 cm³/mol. The molecule has 2 aromatic carbocycles. The number of hydrogen-bond acceptors (Lipinski definition) is 3. The van der Waals surface area contributed by atoms with Gasteiger partial charge in [-0.05, 0) is 37.5 Å². The van der Waals surface area contributed by atoms with E-state index in [2.05, 4.69) is 17.2 Å². The van der Waals surface area contributed by atoms with Crippen LogP contribution in [0.2, 0.25) is 0 Å². The maximum absolute atomic E-state index is 13.1. The summed E-state index contributed by atoms with van der Waals surface area (Å²) in [5.74, 6) is -0.0197. The molecule has 0 aliphatic heterocycles. The van der Waals surface area contributed by atoms with E-state index in [0.717, 1.165) is 23.4 Å². The second kappa shape index (κ2) is 8.64. The normalized spacial score (nSPS) is 10.8. The highest BCUT2D eigenvalue weighted by Crippen LogP contribution is 2.19. The number of amides is 1. The van der Waals surface area contributed by atoms with E-state index >= 15 is 0 Å². The fraction of sp³-hybridized carbons (Fsp3) is 0.273. The largest absolute Gasteiger partial charge is 0.337 e. The SMILES string of the molecule is Cc1ccccc1-n1ncc(C(=O)N(CCN)CCc2ccccc2)c1C. The van der Waals surface area contributed by atoms with Crippen LogP contribution in [-0.2, 0) is 6.42 Å². The molecular formula is C22H26N4O. The third kappa shape index (κ3) is 4.26. The standard InChI is InChI=1S/C22H26N4O/c1-17-8-6-7-11-21(17)26-18(2)20(16-24-26)22(27)25(15-13-23)14-12-19-9-4-3-5-10-19/h3-11,16H,12-15,23H2,1-2H3. The first kappa shape index (κ1) is 18.9. The number of nitrogens with two attached hydrogens (primary N) is 1. The van der Waals surface area contributed by atoms with Crippen LogP contribution >= 0.6 is 0 Å². The number of para-hydroxylation sites is 1. The Bertz CT molecular complexity index is 902. The van der Waals surface area contributed by atoms with E-state index in [-0.39, 0.29) is 5.91 Å². The molecule has 0 spiro atoms. The summed E-state index contributed by atoms with van der Waals surface area (Å²) in [6.07, 6.45) is 2.47. The van der Waals surface area contributed by atoms with Gasteiger partial charge in [-0.25, -0.2) is 4.68 Å². The number of benzene rings is 2. The summed E-state index contributed by atoms with van der Waals surface area (Å²) in [5, 5.41) is 4.47. The highest BCUT2D eigenvalue weighted by molar-refractivity contribution is 5.95. The molecule has 0 radical (unpaired) electrons. The van der Waals surface area contributed by atoms with Crippen molar-refractivity contribution >= 4 is 5.91 Å². The van der Waals surface area contributed by atoms with Crippen LogP contribution in [0.15, 0.2) is 60.8 Å². The minimum Gasteiger partial charge on any atom is -0.337 e. The molecular weight excluding hydrogens is 336 g/mol. The van der Waals surface area contributed by atoms with E-state index in [1.165, 1.54) is 5.56 Å². The van der Waals surface area contributed by atoms with Gasteiger partial charge in [-0.1, -0.05) is 48.5 Å². The molecule has 27 heavy (non-hydrogen) atoms. The molecule has 0 aliphatic carbocycles. The van der Waals surface area contributed by atoms with Gasteiger partial charge in [0.15, 0.2) is 0 Å². The molecule has 0 unspecified atom stereocenters. The molecule has 140 valence electrons. The predicted octanol–water partition coefficient (Wildman–Crippen LogP) is 3.13. The van der Waals surface area contributed by atoms with Crippen LogP contribution in [0.25, 0.3) is 5.69 Å². The zero-order chi connectivity index (χ0) is 19.2. The lowest BCUT2D eigenvalue weighted by atomic mass is 10.1. The van der Waals surface area contributed by atoms with Crippen molar-refractivity contribution in [3.8, 4) is 5.69 Å². The number of carbonyl (C=O) groups excluding carboxylic acids is 1. The number of nitrogens with zero attached hydrogens (tertiary/aromatic N) is 3. The zero-order valence-electron chi connectivity index (χ0n) is 15.9. The summed E-state index contributed by atoms with van der Waals surface area (Å²) in [4.78, 5) is 14.9. The van der Waals surface area contributed by atoms with Crippen molar-refractivity contribution < 1.29 is 4.79 Å². The van der Waals surface area contributed by atoms with Gasteiger partial charge in [0.2, 0.25) is 0 Å². The molecule has 0 saturated heterocycles. The van der Waals surface area contributed by atoms with Crippen LogP contribution in [-0.4, -0.2) is 40.2 Å². The van der Waals surface area contributed by atoms with Gasteiger partial charge in [0.05, 0.1) is 23.1 Å². The molecule has 5 heteroatoms. The quantitative estimate of drug-likeness (QED) is 0.702. The Balaban J connectivity index is 1.81. The minimum atomic E-state index is -0.0197. The third-order valence-electron chi connectivity index (χ3n) is 4.78. The Kier molecular flexibility index (Phi) is 6.04. The van der Waals surface area contributed by atoms with Crippen molar-refractivity contribution in [3.05, 3.63) is 83.2 Å². The van der Waals surface area contributed by atoms with Crippen molar-refractivity contribution in [2.24, 2.45) is 5.73 Å². The summed E-state index contributed by atoms with van der Waals surface area (Å²) in [5.41, 5.74) is 10.5. The summed E-state index contributed by atoms with van der Waals surface area (Å²) in [6.45, 7) is 5.57. The van der Waals surface area contributed by atoms with Crippen molar-refractivity contribution in [1.82, 2.24) is 14.7 Å². The lowest BCUT2D eigenvalue weighted by Gasteiger charge is -2.22. The van der Waals surface area contributed by atoms with Gasteiger partial charge in [0.1, 0.15) is 0 Å². The van der Waals surface area contributed by atoms with Gasteiger partial charge in [0, 0.05) is 19.6 Å². The number of aryl methyl sites for hydroxylation is 1. The molecule has 0 atom stereocenters. The Morgan fingerprint density at radius 1 is 1.04 bits per heavy atom. The number of rotatable bonds is 7. The van der Waals surface area contributed by atoms with E-state index < -0.39 is 0 Å². The third-order valence-corrected chi connectivity index (χ3v) is 4.78. The highest BCUT2D eigenvalue weighted by Gasteiger charge is 2.21. The Morgan fingerprint density at radius 2 is 1.74 bits per heavy atom. The number of carbonyl (C=O) groups is 1. The van der Waals surface area contributed by atoms with Crippen LogP contribution in [0, 0.1) is 13.8 Å². The minimum absolute atomic E-state index is 0.0197. The molecule has 0 saturated carbocycles. The molecule has 1 amide bonds. The Labute approximate surface area is 160 Å².